The third kappa shape index (κ3) is 4.58. The summed E-state index contributed by atoms with van der Waals surface area (Å²) < 4.78 is 0. The van der Waals surface area contributed by atoms with Gasteiger partial charge in [0.2, 0.25) is 0 Å². The number of carboxylic acids is 1. The molecule has 4 heteroatoms. The highest BCUT2D eigenvalue weighted by atomic mass is 16.4. The van der Waals surface area contributed by atoms with Gasteiger partial charge in [-0.3, -0.25) is 4.79 Å². The van der Waals surface area contributed by atoms with E-state index in [-0.39, 0.29) is 0 Å². The van der Waals surface area contributed by atoms with E-state index in [4.69, 9.17) is 10.8 Å². The van der Waals surface area contributed by atoms with Crippen molar-refractivity contribution in [2.24, 2.45) is 11.7 Å². The number of nitrogens with zero attached hydrogens (tertiary/aromatic N) is 1. The SMILES string of the molecule is CC1CCC(C)N(CCCCC(C)(N)C(=O)O)C1. The zero-order valence-corrected chi connectivity index (χ0v) is 12.0. The Kier molecular flexibility index (Phi) is 5.60. The van der Waals surface area contributed by atoms with Gasteiger partial charge in [0.25, 0.3) is 0 Å². The molecule has 0 spiro atoms. The molecule has 1 aliphatic heterocycles. The van der Waals surface area contributed by atoms with Crippen LogP contribution in [0.25, 0.3) is 0 Å². The predicted octanol–water partition coefficient (Wildman–Crippen LogP) is 2.08. The van der Waals surface area contributed by atoms with Crippen LogP contribution in [0.2, 0.25) is 0 Å². The molecule has 1 aliphatic rings. The summed E-state index contributed by atoms with van der Waals surface area (Å²) in [6, 6.07) is 0.671. The van der Waals surface area contributed by atoms with Crippen LogP contribution in [-0.4, -0.2) is 40.6 Å². The Bertz CT molecular complexity index is 279. The van der Waals surface area contributed by atoms with Crippen LogP contribution in [0.3, 0.4) is 0 Å². The van der Waals surface area contributed by atoms with Crippen LogP contribution in [0.4, 0.5) is 0 Å². The predicted molar refractivity (Wildman–Crippen MR) is 73.5 cm³/mol. The van der Waals surface area contributed by atoms with E-state index >= 15 is 0 Å². The van der Waals surface area contributed by atoms with Crippen molar-refractivity contribution < 1.29 is 9.90 Å². The molecule has 18 heavy (non-hydrogen) atoms. The first-order valence-electron chi connectivity index (χ1n) is 7.09. The second-order valence-corrected chi connectivity index (χ2v) is 6.21. The van der Waals surface area contributed by atoms with Gasteiger partial charge in [-0.25, -0.2) is 0 Å². The number of hydrogen-bond donors (Lipinski definition) is 2. The lowest BCUT2D eigenvalue weighted by atomic mass is 9.93. The first kappa shape index (κ1) is 15.4. The Morgan fingerprint density at radius 2 is 2.06 bits per heavy atom. The number of carbonyl (C=O) groups is 1. The van der Waals surface area contributed by atoms with E-state index in [1.165, 1.54) is 19.4 Å². The van der Waals surface area contributed by atoms with Gasteiger partial charge in [0.05, 0.1) is 0 Å². The second kappa shape index (κ2) is 6.53. The number of unbranched alkanes of at least 4 members (excludes halogenated alkanes) is 1. The minimum Gasteiger partial charge on any atom is -0.480 e. The summed E-state index contributed by atoms with van der Waals surface area (Å²) in [5, 5.41) is 8.93. The van der Waals surface area contributed by atoms with Gasteiger partial charge in [-0.05, 0) is 58.4 Å². The first-order valence-corrected chi connectivity index (χ1v) is 7.09. The summed E-state index contributed by atoms with van der Waals surface area (Å²) in [5.74, 6) is -0.109. The lowest BCUT2D eigenvalue weighted by Gasteiger charge is -2.36. The molecule has 1 heterocycles. The summed E-state index contributed by atoms with van der Waals surface area (Å²) >= 11 is 0. The normalized spacial score (nSPS) is 28.9. The third-order valence-electron chi connectivity index (χ3n) is 4.13. The zero-order chi connectivity index (χ0) is 13.8. The molecule has 106 valence electrons. The van der Waals surface area contributed by atoms with Gasteiger partial charge >= 0.3 is 5.97 Å². The van der Waals surface area contributed by atoms with Crippen LogP contribution in [0.15, 0.2) is 0 Å². The van der Waals surface area contributed by atoms with E-state index < -0.39 is 11.5 Å². The second-order valence-electron chi connectivity index (χ2n) is 6.21. The lowest BCUT2D eigenvalue weighted by Crippen LogP contribution is -2.45. The van der Waals surface area contributed by atoms with Gasteiger partial charge in [-0.2, -0.15) is 0 Å². The fourth-order valence-corrected chi connectivity index (χ4v) is 2.61. The van der Waals surface area contributed by atoms with E-state index in [0.29, 0.717) is 12.5 Å². The molecule has 0 aromatic carbocycles. The fourth-order valence-electron chi connectivity index (χ4n) is 2.61. The van der Waals surface area contributed by atoms with Crippen LogP contribution in [-0.2, 0) is 4.79 Å². The molecule has 3 unspecified atom stereocenters. The Balaban J connectivity index is 2.23. The first-order chi connectivity index (χ1) is 8.33. The Labute approximate surface area is 111 Å². The van der Waals surface area contributed by atoms with Crippen molar-refractivity contribution in [2.45, 2.75) is 64.5 Å². The minimum atomic E-state index is -1.07. The molecule has 0 aromatic heterocycles. The monoisotopic (exact) mass is 256 g/mol. The van der Waals surface area contributed by atoms with Gasteiger partial charge in [-0.15, -0.1) is 0 Å². The number of hydrogen-bond acceptors (Lipinski definition) is 3. The fraction of sp³-hybridized carbons (Fsp3) is 0.929. The Morgan fingerprint density at radius 3 is 2.67 bits per heavy atom. The van der Waals surface area contributed by atoms with Crippen molar-refractivity contribution in [3.63, 3.8) is 0 Å². The van der Waals surface area contributed by atoms with Crippen molar-refractivity contribution in [2.75, 3.05) is 13.1 Å². The van der Waals surface area contributed by atoms with E-state index in [2.05, 4.69) is 18.7 Å². The maximum atomic E-state index is 10.9. The lowest BCUT2D eigenvalue weighted by molar-refractivity contribution is -0.142. The minimum absolute atomic E-state index is 0.556. The molecule has 0 saturated carbocycles. The highest BCUT2D eigenvalue weighted by molar-refractivity contribution is 5.77. The number of rotatable bonds is 6. The summed E-state index contributed by atoms with van der Waals surface area (Å²) in [5.41, 5.74) is 4.65. The van der Waals surface area contributed by atoms with Crippen molar-refractivity contribution in [3.05, 3.63) is 0 Å². The molecule has 3 N–H and O–H groups in total. The van der Waals surface area contributed by atoms with Gasteiger partial charge in [0.1, 0.15) is 5.54 Å². The van der Waals surface area contributed by atoms with Gasteiger partial charge in [-0.1, -0.05) is 6.92 Å². The molecule has 0 aromatic rings. The molecule has 1 saturated heterocycles. The summed E-state index contributed by atoms with van der Waals surface area (Å²) in [6.07, 6.45) is 5.09. The molecule has 4 nitrogen and oxygen atoms in total. The van der Waals surface area contributed by atoms with Crippen LogP contribution < -0.4 is 5.73 Å². The number of likely N-dealkylation sites (tertiary alicyclic amines) is 1. The van der Waals surface area contributed by atoms with Gasteiger partial charge in [0.15, 0.2) is 0 Å². The highest BCUT2D eigenvalue weighted by Crippen LogP contribution is 2.22. The molecule has 0 radical (unpaired) electrons. The molecular formula is C14H28N2O2. The highest BCUT2D eigenvalue weighted by Gasteiger charge is 2.27. The topological polar surface area (TPSA) is 66.6 Å². The summed E-state index contributed by atoms with van der Waals surface area (Å²) in [6.45, 7) is 8.44. The van der Waals surface area contributed by atoms with Crippen molar-refractivity contribution in [3.8, 4) is 0 Å². The van der Waals surface area contributed by atoms with Gasteiger partial charge < -0.3 is 15.7 Å². The van der Waals surface area contributed by atoms with Crippen molar-refractivity contribution >= 4 is 5.97 Å². The van der Waals surface area contributed by atoms with E-state index in [1.807, 2.05) is 0 Å². The number of aliphatic carboxylic acids is 1. The molecular weight excluding hydrogens is 228 g/mol. The molecule has 1 fully saturated rings. The van der Waals surface area contributed by atoms with Gasteiger partial charge in [0, 0.05) is 12.6 Å². The largest absolute Gasteiger partial charge is 0.480 e. The summed E-state index contributed by atoms with van der Waals surface area (Å²) in [7, 11) is 0. The zero-order valence-electron chi connectivity index (χ0n) is 12.0. The standard InChI is InChI=1S/C14H28N2O2/c1-11-6-7-12(2)16(10-11)9-5-4-8-14(3,15)13(17)18/h11-12H,4-10,15H2,1-3H3,(H,17,18). The molecule has 1 rings (SSSR count). The number of carboxylic acid groups (broad SMARTS) is 1. The van der Waals surface area contributed by atoms with Crippen LogP contribution >= 0.6 is 0 Å². The Morgan fingerprint density at radius 1 is 1.39 bits per heavy atom. The number of nitrogens with two attached hydrogens (primary N) is 1. The average Bonchev–Trinajstić information content (AvgIpc) is 2.28. The number of piperidine rings is 1. The molecule has 0 bridgehead atoms. The maximum absolute atomic E-state index is 10.9. The Hall–Kier alpha value is -0.610. The van der Waals surface area contributed by atoms with Crippen LogP contribution in [0.1, 0.15) is 52.9 Å². The van der Waals surface area contributed by atoms with Crippen molar-refractivity contribution in [1.29, 1.82) is 0 Å². The van der Waals surface area contributed by atoms with E-state index in [0.717, 1.165) is 25.3 Å². The quantitative estimate of drug-likeness (QED) is 0.714. The van der Waals surface area contributed by atoms with Crippen LogP contribution in [0.5, 0.6) is 0 Å². The molecule has 3 atom stereocenters. The van der Waals surface area contributed by atoms with E-state index in [9.17, 15) is 4.79 Å². The van der Waals surface area contributed by atoms with Crippen LogP contribution in [0, 0.1) is 5.92 Å². The maximum Gasteiger partial charge on any atom is 0.323 e. The summed E-state index contributed by atoms with van der Waals surface area (Å²) in [4.78, 5) is 13.4. The van der Waals surface area contributed by atoms with Crippen molar-refractivity contribution in [1.82, 2.24) is 4.90 Å². The molecule has 0 amide bonds. The van der Waals surface area contributed by atoms with E-state index in [1.54, 1.807) is 6.92 Å². The smallest absolute Gasteiger partial charge is 0.323 e. The molecule has 0 aliphatic carbocycles. The average molecular weight is 256 g/mol. The third-order valence-corrected chi connectivity index (χ3v) is 4.13.